The maximum absolute atomic E-state index is 12.7. The molecule has 0 saturated carbocycles. The molecule has 0 radical (unpaired) electrons. The van der Waals surface area contributed by atoms with Crippen LogP contribution in [0.1, 0.15) is 26.3 Å². The first kappa shape index (κ1) is 22.1. The Morgan fingerprint density at radius 3 is 2.14 bits per heavy atom. The minimum atomic E-state index is -4.49. The molecule has 2 aromatic carbocycles. The third kappa shape index (κ3) is 7.44. The van der Waals surface area contributed by atoms with E-state index in [1.165, 1.54) is 5.06 Å². The SMILES string of the molecule is CC(C)(C)CON(c1ccccc1)[C@@H](Cc1ccccc1)C(=O)OP(N)(=O)O. The van der Waals surface area contributed by atoms with E-state index in [-0.39, 0.29) is 11.8 Å². The lowest BCUT2D eigenvalue weighted by Crippen LogP contribution is -2.45. The molecule has 0 fully saturated rings. The van der Waals surface area contributed by atoms with Gasteiger partial charge in [-0.05, 0) is 23.1 Å². The number of benzene rings is 2. The molecule has 0 heterocycles. The fourth-order valence-corrected chi connectivity index (χ4v) is 2.85. The molecule has 2 rings (SSSR count). The van der Waals surface area contributed by atoms with Crippen molar-refractivity contribution in [2.75, 3.05) is 11.7 Å². The second-order valence-corrected chi connectivity index (χ2v) is 8.99. The van der Waals surface area contributed by atoms with E-state index in [0.717, 1.165) is 5.56 Å². The van der Waals surface area contributed by atoms with Gasteiger partial charge in [-0.1, -0.05) is 69.3 Å². The maximum Gasteiger partial charge on any atom is 0.455 e. The van der Waals surface area contributed by atoms with Crippen molar-refractivity contribution in [1.29, 1.82) is 0 Å². The Hall–Kier alpha value is -2.18. The second-order valence-electron chi connectivity index (χ2n) is 7.68. The number of hydrogen-bond acceptors (Lipinski definition) is 5. The average Bonchev–Trinajstić information content (AvgIpc) is 2.60. The number of hydroxylamine groups is 1. The molecule has 28 heavy (non-hydrogen) atoms. The van der Waals surface area contributed by atoms with Gasteiger partial charge in [0.1, 0.15) is 0 Å². The Morgan fingerprint density at radius 1 is 1.11 bits per heavy atom. The molecule has 2 aromatic rings. The average molecular weight is 406 g/mol. The van der Waals surface area contributed by atoms with Crippen LogP contribution < -0.4 is 10.6 Å². The molecule has 3 N–H and O–H groups in total. The van der Waals surface area contributed by atoms with Gasteiger partial charge in [-0.2, -0.15) is 0 Å². The van der Waals surface area contributed by atoms with Gasteiger partial charge >= 0.3 is 13.7 Å². The zero-order valence-corrected chi connectivity index (χ0v) is 17.2. The molecule has 0 amide bonds. The number of rotatable bonds is 8. The van der Waals surface area contributed by atoms with E-state index in [4.69, 9.17) is 10.3 Å². The molecule has 2 atom stereocenters. The van der Waals surface area contributed by atoms with Crippen LogP contribution in [0, 0.1) is 5.41 Å². The quantitative estimate of drug-likeness (QED) is 0.509. The number of nitrogens with zero attached hydrogens (tertiary/aromatic N) is 1. The second kappa shape index (κ2) is 9.34. The number of nitrogens with two attached hydrogens (primary N) is 1. The smallest absolute Gasteiger partial charge is 0.379 e. The van der Waals surface area contributed by atoms with Crippen LogP contribution >= 0.6 is 7.75 Å². The lowest BCUT2D eigenvalue weighted by molar-refractivity contribution is -0.139. The van der Waals surface area contributed by atoms with Gasteiger partial charge in [-0.3, -0.25) is 4.84 Å². The molecule has 0 aliphatic heterocycles. The van der Waals surface area contributed by atoms with E-state index in [1.807, 2.05) is 69.3 Å². The highest BCUT2D eigenvalue weighted by Crippen LogP contribution is 2.33. The van der Waals surface area contributed by atoms with Crippen LogP contribution in [0.2, 0.25) is 0 Å². The van der Waals surface area contributed by atoms with Gasteiger partial charge in [0.2, 0.25) is 0 Å². The van der Waals surface area contributed by atoms with Crippen molar-refractivity contribution in [2.24, 2.45) is 10.9 Å². The van der Waals surface area contributed by atoms with Crippen LogP contribution in [0.4, 0.5) is 5.69 Å². The molecule has 152 valence electrons. The third-order valence-electron chi connectivity index (χ3n) is 3.70. The first-order valence-corrected chi connectivity index (χ1v) is 10.6. The molecule has 0 aliphatic rings. The van der Waals surface area contributed by atoms with Gasteiger partial charge in [0, 0.05) is 6.42 Å². The predicted molar refractivity (Wildman–Crippen MR) is 108 cm³/mol. The number of carbonyl (C=O) groups excluding carboxylic acids is 1. The highest BCUT2D eigenvalue weighted by atomic mass is 31.2. The standard InChI is InChI=1S/C20H27N2O5P/c1-20(2,3)15-26-22(17-12-8-5-9-13-17)18(19(23)27-28(21,24)25)14-16-10-6-4-7-11-16/h4-13,18H,14-15H2,1-3H3,(H3,21,24,25)/t18-/m0/s1. The van der Waals surface area contributed by atoms with E-state index >= 15 is 0 Å². The summed E-state index contributed by atoms with van der Waals surface area (Å²) in [5, 5.41) is 1.43. The molecule has 0 aliphatic carbocycles. The van der Waals surface area contributed by atoms with Gasteiger partial charge < -0.3 is 9.42 Å². The normalized spacial score (nSPS) is 14.8. The molecular weight excluding hydrogens is 379 g/mol. The van der Waals surface area contributed by atoms with Crippen molar-refractivity contribution in [3.8, 4) is 0 Å². The van der Waals surface area contributed by atoms with Crippen LogP contribution in [0.5, 0.6) is 0 Å². The summed E-state index contributed by atoms with van der Waals surface area (Å²) in [7, 11) is -4.49. The lowest BCUT2D eigenvalue weighted by Gasteiger charge is -2.33. The Morgan fingerprint density at radius 2 is 1.64 bits per heavy atom. The van der Waals surface area contributed by atoms with Crippen LogP contribution in [0.25, 0.3) is 0 Å². The Balaban J connectivity index is 2.40. The van der Waals surface area contributed by atoms with Gasteiger partial charge in [-0.15, -0.1) is 0 Å². The van der Waals surface area contributed by atoms with Crippen molar-refractivity contribution < 1.29 is 23.6 Å². The summed E-state index contributed by atoms with van der Waals surface area (Å²) in [6.07, 6.45) is 0.207. The molecule has 0 bridgehead atoms. The number of hydrogen-bond donors (Lipinski definition) is 2. The summed E-state index contributed by atoms with van der Waals surface area (Å²) in [5.41, 5.74) is 6.35. The molecule has 8 heteroatoms. The summed E-state index contributed by atoms with van der Waals surface area (Å²) < 4.78 is 16.1. The molecular formula is C20H27N2O5P. The fourth-order valence-electron chi connectivity index (χ4n) is 2.47. The Labute approximate surface area is 165 Å². The van der Waals surface area contributed by atoms with Crippen LogP contribution in [0.3, 0.4) is 0 Å². The highest BCUT2D eigenvalue weighted by Gasteiger charge is 2.33. The lowest BCUT2D eigenvalue weighted by atomic mass is 9.99. The third-order valence-corrected chi connectivity index (χ3v) is 4.14. The van der Waals surface area contributed by atoms with Gasteiger partial charge in [0.25, 0.3) is 0 Å². The molecule has 7 nitrogen and oxygen atoms in total. The first-order valence-electron chi connectivity index (χ1n) is 8.91. The number of anilines is 1. The Kier molecular flexibility index (Phi) is 7.38. The largest absolute Gasteiger partial charge is 0.455 e. The van der Waals surface area contributed by atoms with E-state index < -0.39 is 19.8 Å². The zero-order valence-electron chi connectivity index (χ0n) is 16.3. The molecule has 0 spiro atoms. The van der Waals surface area contributed by atoms with Gasteiger partial charge in [0.15, 0.2) is 6.04 Å². The van der Waals surface area contributed by atoms with E-state index in [2.05, 4.69) is 4.52 Å². The summed E-state index contributed by atoms with van der Waals surface area (Å²) in [5.74, 6) is -0.935. The van der Waals surface area contributed by atoms with Crippen LogP contribution in [0.15, 0.2) is 60.7 Å². The van der Waals surface area contributed by atoms with E-state index in [0.29, 0.717) is 12.3 Å². The molecule has 0 aromatic heterocycles. The van der Waals surface area contributed by atoms with E-state index in [1.54, 1.807) is 12.1 Å². The zero-order chi connectivity index (χ0) is 20.8. The molecule has 1 unspecified atom stereocenters. The number of para-hydroxylation sites is 1. The highest BCUT2D eigenvalue weighted by molar-refractivity contribution is 7.50. The van der Waals surface area contributed by atoms with Crippen LogP contribution in [-0.4, -0.2) is 23.5 Å². The predicted octanol–water partition coefficient (Wildman–Crippen LogP) is 3.68. The fraction of sp³-hybridized carbons (Fsp3) is 0.350. The van der Waals surface area contributed by atoms with Crippen molar-refractivity contribution in [1.82, 2.24) is 0 Å². The Bertz CT molecular complexity index is 802. The van der Waals surface area contributed by atoms with E-state index in [9.17, 15) is 14.3 Å². The monoisotopic (exact) mass is 406 g/mol. The minimum absolute atomic E-state index is 0.172. The first-order chi connectivity index (χ1) is 13.1. The van der Waals surface area contributed by atoms with Gasteiger partial charge in [0.05, 0.1) is 12.3 Å². The van der Waals surface area contributed by atoms with Crippen molar-refractivity contribution in [3.05, 3.63) is 66.2 Å². The van der Waals surface area contributed by atoms with Crippen LogP contribution in [-0.2, 0) is 25.1 Å². The summed E-state index contributed by atoms with van der Waals surface area (Å²) in [6, 6.07) is 17.3. The summed E-state index contributed by atoms with van der Waals surface area (Å²) >= 11 is 0. The van der Waals surface area contributed by atoms with Gasteiger partial charge in [-0.25, -0.2) is 19.9 Å². The summed E-state index contributed by atoms with van der Waals surface area (Å²) in [4.78, 5) is 28.1. The maximum atomic E-state index is 12.7. The van der Waals surface area contributed by atoms with Crippen molar-refractivity contribution >= 4 is 19.4 Å². The molecule has 0 saturated heterocycles. The van der Waals surface area contributed by atoms with Crippen molar-refractivity contribution in [3.63, 3.8) is 0 Å². The van der Waals surface area contributed by atoms with Crippen molar-refractivity contribution in [2.45, 2.75) is 33.2 Å². The number of carbonyl (C=O) groups is 1. The topological polar surface area (TPSA) is 102 Å². The minimum Gasteiger partial charge on any atom is -0.379 e. The summed E-state index contributed by atoms with van der Waals surface area (Å²) in [6.45, 7) is 6.33.